The molecule has 0 radical (unpaired) electrons. The molecule has 1 amide bonds. The third-order valence-corrected chi connectivity index (χ3v) is 6.47. The molecular formula is C17H22N2O5S. The molecule has 1 heterocycles. The van der Waals surface area contributed by atoms with E-state index in [1.165, 1.54) is 16.4 Å². The molecule has 1 N–H and O–H groups in total. The highest BCUT2D eigenvalue weighted by molar-refractivity contribution is 7.89. The lowest BCUT2D eigenvalue weighted by Gasteiger charge is -2.16. The smallest absolute Gasteiger partial charge is 0.309 e. The molecule has 136 valence electrons. The van der Waals surface area contributed by atoms with Gasteiger partial charge in [-0.2, -0.15) is 4.31 Å². The maximum absolute atomic E-state index is 12.5. The summed E-state index contributed by atoms with van der Waals surface area (Å²) in [5.41, 5.74) is 0.362. The summed E-state index contributed by atoms with van der Waals surface area (Å²) in [4.78, 5) is 23.7. The monoisotopic (exact) mass is 366 g/mol. The first kappa shape index (κ1) is 17.9. The van der Waals surface area contributed by atoms with Crippen LogP contribution < -0.4 is 5.32 Å². The SMILES string of the molecule is C[C@H]1C[C@H]1C(=O)OCC(=O)Nc1cccc(S(=O)(=O)N2CCCC2)c1. The molecule has 8 heteroatoms. The van der Waals surface area contributed by atoms with E-state index < -0.39 is 15.9 Å². The summed E-state index contributed by atoms with van der Waals surface area (Å²) in [5, 5.41) is 2.57. The van der Waals surface area contributed by atoms with E-state index in [2.05, 4.69) is 5.32 Å². The van der Waals surface area contributed by atoms with Gasteiger partial charge in [-0.15, -0.1) is 0 Å². The number of nitrogens with zero attached hydrogens (tertiary/aromatic N) is 1. The minimum absolute atomic E-state index is 0.0956. The number of rotatable bonds is 6. The van der Waals surface area contributed by atoms with Gasteiger partial charge in [-0.1, -0.05) is 13.0 Å². The van der Waals surface area contributed by atoms with Crippen LogP contribution in [-0.2, 0) is 24.3 Å². The first-order valence-corrected chi connectivity index (χ1v) is 9.88. The van der Waals surface area contributed by atoms with Gasteiger partial charge >= 0.3 is 5.97 Å². The van der Waals surface area contributed by atoms with Gasteiger partial charge in [0.05, 0.1) is 10.8 Å². The summed E-state index contributed by atoms with van der Waals surface area (Å²) >= 11 is 0. The van der Waals surface area contributed by atoms with Gasteiger partial charge < -0.3 is 10.1 Å². The van der Waals surface area contributed by atoms with Gasteiger partial charge in [0, 0.05) is 18.8 Å². The molecule has 7 nitrogen and oxygen atoms in total. The van der Waals surface area contributed by atoms with Crippen LogP contribution in [0.3, 0.4) is 0 Å². The molecule has 2 fully saturated rings. The Kier molecular flexibility index (Phi) is 5.10. The molecule has 25 heavy (non-hydrogen) atoms. The van der Waals surface area contributed by atoms with Crippen molar-refractivity contribution in [2.24, 2.45) is 11.8 Å². The maximum atomic E-state index is 12.5. The number of nitrogens with one attached hydrogen (secondary N) is 1. The molecule has 0 unspecified atom stereocenters. The van der Waals surface area contributed by atoms with Crippen molar-refractivity contribution in [3.8, 4) is 0 Å². The summed E-state index contributed by atoms with van der Waals surface area (Å²) in [6.07, 6.45) is 2.53. The van der Waals surface area contributed by atoms with Crippen LogP contribution >= 0.6 is 0 Å². The number of esters is 1. The van der Waals surface area contributed by atoms with Gasteiger partial charge in [0.1, 0.15) is 0 Å². The first-order valence-electron chi connectivity index (χ1n) is 8.44. The molecule has 1 saturated carbocycles. The Labute approximate surface area is 147 Å². The Bertz CT molecular complexity index is 771. The van der Waals surface area contributed by atoms with Crippen molar-refractivity contribution in [1.82, 2.24) is 4.31 Å². The Balaban J connectivity index is 1.59. The number of carbonyl (C=O) groups excluding carboxylic acids is 2. The fraction of sp³-hybridized carbons (Fsp3) is 0.529. The van der Waals surface area contributed by atoms with Gasteiger partial charge in [-0.05, 0) is 43.4 Å². The number of hydrogen-bond acceptors (Lipinski definition) is 5. The molecule has 0 aromatic heterocycles. The average molecular weight is 366 g/mol. The predicted molar refractivity (Wildman–Crippen MR) is 91.3 cm³/mol. The minimum atomic E-state index is -3.54. The second-order valence-corrected chi connectivity index (χ2v) is 8.55. The van der Waals surface area contributed by atoms with Crippen LogP contribution in [0.25, 0.3) is 0 Å². The highest BCUT2D eigenvalue weighted by Gasteiger charge is 2.40. The zero-order chi connectivity index (χ0) is 18.0. The van der Waals surface area contributed by atoms with Crippen molar-refractivity contribution in [2.75, 3.05) is 25.0 Å². The Morgan fingerprint density at radius 3 is 2.60 bits per heavy atom. The van der Waals surface area contributed by atoms with Crippen LogP contribution in [0.2, 0.25) is 0 Å². The van der Waals surface area contributed by atoms with E-state index in [-0.39, 0.29) is 23.4 Å². The van der Waals surface area contributed by atoms with Crippen molar-refractivity contribution < 1.29 is 22.7 Å². The fourth-order valence-electron chi connectivity index (χ4n) is 2.90. The molecule has 1 aromatic rings. The van der Waals surface area contributed by atoms with Crippen LogP contribution in [0, 0.1) is 11.8 Å². The van der Waals surface area contributed by atoms with Crippen LogP contribution in [-0.4, -0.2) is 44.3 Å². The third kappa shape index (κ3) is 4.19. The lowest BCUT2D eigenvalue weighted by atomic mass is 10.3. The summed E-state index contributed by atoms with van der Waals surface area (Å²) in [5.74, 6) is -0.616. The van der Waals surface area contributed by atoms with Gasteiger partial charge in [0.2, 0.25) is 10.0 Å². The van der Waals surface area contributed by atoms with E-state index in [9.17, 15) is 18.0 Å². The number of hydrogen-bond donors (Lipinski definition) is 1. The van der Waals surface area contributed by atoms with Crippen LogP contribution in [0.4, 0.5) is 5.69 Å². The van der Waals surface area contributed by atoms with Crippen molar-refractivity contribution in [3.05, 3.63) is 24.3 Å². The molecule has 0 bridgehead atoms. The number of amides is 1. The molecule has 1 aliphatic carbocycles. The van der Waals surface area contributed by atoms with Crippen LogP contribution in [0.1, 0.15) is 26.2 Å². The van der Waals surface area contributed by atoms with Crippen molar-refractivity contribution in [1.29, 1.82) is 0 Å². The molecule has 1 saturated heterocycles. The third-order valence-electron chi connectivity index (χ3n) is 4.58. The van der Waals surface area contributed by atoms with E-state index in [0.29, 0.717) is 24.7 Å². The normalized spacial score (nSPS) is 23.2. The van der Waals surface area contributed by atoms with Crippen molar-refractivity contribution in [3.63, 3.8) is 0 Å². The lowest BCUT2D eigenvalue weighted by molar-refractivity contribution is -0.148. The number of sulfonamides is 1. The molecule has 1 aromatic carbocycles. The summed E-state index contributed by atoms with van der Waals surface area (Å²) in [6, 6.07) is 6.12. The Morgan fingerprint density at radius 2 is 1.96 bits per heavy atom. The Hall–Kier alpha value is -1.93. The molecule has 2 aliphatic rings. The topological polar surface area (TPSA) is 92.8 Å². The predicted octanol–water partition coefficient (Wildman–Crippen LogP) is 1.61. The molecule has 3 rings (SSSR count). The average Bonchev–Trinajstić information content (AvgIpc) is 3.08. The van der Waals surface area contributed by atoms with Gasteiger partial charge in [0.15, 0.2) is 6.61 Å². The maximum Gasteiger partial charge on any atom is 0.309 e. The fourth-order valence-corrected chi connectivity index (χ4v) is 4.47. The molecule has 0 spiro atoms. The molecule has 1 aliphatic heterocycles. The first-order chi connectivity index (χ1) is 11.9. The van der Waals surface area contributed by atoms with E-state index in [4.69, 9.17) is 4.74 Å². The molecular weight excluding hydrogens is 344 g/mol. The standard InChI is InChI=1S/C17H22N2O5S/c1-12-9-15(12)17(21)24-11-16(20)18-13-5-4-6-14(10-13)25(22,23)19-7-2-3-8-19/h4-6,10,12,15H,2-3,7-9,11H2,1H3,(H,18,20)/t12-,15+/m0/s1. The van der Waals surface area contributed by atoms with Gasteiger partial charge in [-0.3, -0.25) is 9.59 Å². The van der Waals surface area contributed by atoms with E-state index in [1.807, 2.05) is 6.92 Å². The quantitative estimate of drug-likeness (QED) is 0.772. The number of anilines is 1. The zero-order valence-electron chi connectivity index (χ0n) is 14.1. The summed E-state index contributed by atoms with van der Waals surface area (Å²) in [7, 11) is -3.54. The number of benzene rings is 1. The number of carbonyl (C=O) groups is 2. The second kappa shape index (κ2) is 7.13. The van der Waals surface area contributed by atoms with Crippen LogP contribution in [0.5, 0.6) is 0 Å². The summed E-state index contributed by atoms with van der Waals surface area (Å²) in [6.45, 7) is 2.63. The van der Waals surface area contributed by atoms with Gasteiger partial charge in [0.25, 0.3) is 5.91 Å². The zero-order valence-corrected chi connectivity index (χ0v) is 14.9. The van der Waals surface area contributed by atoms with Crippen molar-refractivity contribution >= 4 is 27.6 Å². The Morgan fingerprint density at radius 1 is 1.28 bits per heavy atom. The lowest BCUT2D eigenvalue weighted by Crippen LogP contribution is -2.28. The highest BCUT2D eigenvalue weighted by Crippen LogP contribution is 2.38. The largest absolute Gasteiger partial charge is 0.455 e. The summed E-state index contributed by atoms with van der Waals surface area (Å²) < 4.78 is 31.5. The molecule has 2 atom stereocenters. The van der Waals surface area contributed by atoms with E-state index in [0.717, 1.165) is 19.3 Å². The highest BCUT2D eigenvalue weighted by atomic mass is 32.2. The van der Waals surface area contributed by atoms with Crippen LogP contribution in [0.15, 0.2) is 29.2 Å². The van der Waals surface area contributed by atoms with E-state index in [1.54, 1.807) is 12.1 Å². The second-order valence-electron chi connectivity index (χ2n) is 6.61. The minimum Gasteiger partial charge on any atom is -0.455 e. The van der Waals surface area contributed by atoms with Gasteiger partial charge in [-0.25, -0.2) is 8.42 Å². The number of ether oxygens (including phenoxy) is 1. The van der Waals surface area contributed by atoms with Crippen molar-refractivity contribution in [2.45, 2.75) is 31.1 Å². The van der Waals surface area contributed by atoms with E-state index >= 15 is 0 Å².